The molecule has 1 atom stereocenters. The summed E-state index contributed by atoms with van der Waals surface area (Å²) in [5.41, 5.74) is 7.92. The maximum absolute atomic E-state index is 13.6. The SMILES string of the molecule is Cc1ccc(F)c(C(N)c2cnccn2)c1. The molecule has 16 heavy (non-hydrogen) atoms. The minimum Gasteiger partial charge on any atom is -0.319 e. The van der Waals surface area contributed by atoms with Crippen molar-refractivity contribution in [3.8, 4) is 0 Å². The van der Waals surface area contributed by atoms with Crippen molar-refractivity contribution in [2.45, 2.75) is 13.0 Å². The molecule has 0 saturated heterocycles. The molecule has 0 spiro atoms. The van der Waals surface area contributed by atoms with Crippen molar-refractivity contribution in [2.75, 3.05) is 0 Å². The molecule has 4 heteroatoms. The average molecular weight is 217 g/mol. The highest BCUT2D eigenvalue weighted by atomic mass is 19.1. The summed E-state index contributed by atoms with van der Waals surface area (Å²) in [6.45, 7) is 1.90. The van der Waals surface area contributed by atoms with Gasteiger partial charge >= 0.3 is 0 Å². The van der Waals surface area contributed by atoms with E-state index in [1.807, 2.05) is 6.92 Å². The number of rotatable bonds is 2. The fourth-order valence-electron chi connectivity index (χ4n) is 1.53. The fraction of sp³-hybridized carbons (Fsp3) is 0.167. The number of benzene rings is 1. The van der Waals surface area contributed by atoms with E-state index in [2.05, 4.69) is 9.97 Å². The van der Waals surface area contributed by atoms with Gasteiger partial charge in [0, 0.05) is 18.0 Å². The Morgan fingerprint density at radius 1 is 1.31 bits per heavy atom. The van der Waals surface area contributed by atoms with Gasteiger partial charge in [-0.25, -0.2) is 4.39 Å². The van der Waals surface area contributed by atoms with Gasteiger partial charge in [-0.15, -0.1) is 0 Å². The molecular formula is C12H12FN3. The summed E-state index contributed by atoms with van der Waals surface area (Å²) in [6, 6.07) is 4.28. The molecule has 2 rings (SSSR count). The normalized spacial score (nSPS) is 12.4. The van der Waals surface area contributed by atoms with Gasteiger partial charge in [-0.05, 0) is 13.0 Å². The standard InChI is InChI=1S/C12H12FN3/c1-8-2-3-10(13)9(6-8)12(14)11-7-15-4-5-16-11/h2-7,12H,14H2,1H3. The molecule has 0 aliphatic carbocycles. The first-order valence-corrected chi connectivity index (χ1v) is 4.96. The molecule has 0 saturated carbocycles. The van der Waals surface area contributed by atoms with Gasteiger partial charge in [0.1, 0.15) is 5.82 Å². The van der Waals surface area contributed by atoms with Crippen LogP contribution in [0.3, 0.4) is 0 Å². The Kier molecular flexibility index (Phi) is 2.92. The van der Waals surface area contributed by atoms with E-state index in [1.165, 1.54) is 6.07 Å². The van der Waals surface area contributed by atoms with Crippen molar-refractivity contribution in [3.63, 3.8) is 0 Å². The van der Waals surface area contributed by atoms with Crippen molar-refractivity contribution in [1.82, 2.24) is 9.97 Å². The molecule has 3 nitrogen and oxygen atoms in total. The molecule has 0 aliphatic rings. The molecule has 82 valence electrons. The summed E-state index contributed by atoms with van der Waals surface area (Å²) < 4.78 is 13.6. The topological polar surface area (TPSA) is 51.8 Å². The van der Waals surface area contributed by atoms with E-state index >= 15 is 0 Å². The van der Waals surface area contributed by atoms with Crippen LogP contribution in [0.2, 0.25) is 0 Å². The maximum Gasteiger partial charge on any atom is 0.128 e. The number of aromatic nitrogens is 2. The number of hydrogen-bond donors (Lipinski definition) is 1. The van der Waals surface area contributed by atoms with Gasteiger partial charge in [0.25, 0.3) is 0 Å². The Hall–Kier alpha value is -1.81. The molecular weight excluding hydrogens is 205 g/mol. The zero-order valence-corrected chi connectivity index (χ0v) is 8.89. The lowest BCUT2D eigenvalue weighted by Crippen LogP contribution is -2.15. The van der Waals surface area contributed by atoms with E-state index in [1.54, 1.807) is 30.7 Å². The van der Waals surface area contributed by atoms with Crippen molar-refractivity contribution in [2.24, 2.45) is 5.73 Å². The van der Waals surface area contributed by atoms with E-state index in [-0.39, 0.29) is 5.82 Å². The summed E-state index contributed by atoms with van der Waals surface area (Å²) in [5, 5.41) is 0. The molecule has 2 N–H and O–H groups in total. The Labute approximate surface area is 93.2 Å². The van der Waals surface area contributed by atoms with Crippen molar-refractivity contribution >= 4 is 0 Å². The van der Waals surface area contributed by atoms with Crippen LogP contribution in [-0.4, -0.2) is 9.97 Å². The van der Waals surface area contributed by atoms with E-state index in [0.29, 0.717) is 11.3 Å². The third-order valence-electron chi connectivity index (χ3n) is 2.39. The van der Waals surface area contributed by atoms with Gasteiger partial charge < -0.3 is 5.73 Å². The summed E-state index contributed by atoms with van der Waals surface area (Å²) >= 11 is 0. The van der Waals surface area contributed by atoms with Crippen molar-refractivity contribution in [3.05, 3.63) is 59.4 Å². The number of aryl methyl sites for hydroxylation is 1. The molecule has 1 aromatic heterocycles. The molecule has 0 bridgehead atoms. The van der Waals surface area contributed by atoms with Crippen molar-refractivity contribution in [1.29, 1.82) is 0 Å². The molecule has 0 fully saturated rings. The van der Waals surface area contributed by atoms with Crippen LogP contribution in [0.15, 0.2) is 36.8 Å². The Bertz CT molecular complexity index is 485. The number of nitrogens with two attached hydrogens (primary N) is 1. The molecule has 1 unspecified atom stereocenters. The van der Waals surface area contributed by atoms with Crippen LogP contribution in [0.1, 0.15) is 22.9 Å². The van der Waals surface area contributed by atoms with Crippen LogP contribution in [0, 0.1) is 12.7 Å². The molecule has 0 aliphatic heterocycles. The number of halogens is 1. The molecule has 0 amide bonds. The first-order chi connectivity index (χ1) is 7.68. The number of hydrogen-bond acceptors (Lipinski definition) is 3. The van der Waals surface area contributed by atoms with E-state index < -0.39 is 6.04 Å². The summed E-state index contributed by atoms with van der Waals surface area (Å²) in [5.74, 6) is -0.316. The van der Waals surface area contributed by atoms with Crippen LogP contribution >= 0.6 is 0 Å². The summed E-state index contributed by atoms with van der Waals surface area (Å²) in [7, 11) is 0. The fourth-order valence-corrected chi connectivity index (χ4v) is 1.53. The highest BCUT2D eigenvalue weighted by molar-refractivity contribution is 5.31. The van der Waals surface area contributed by atoms with Gasteiger partial charge in [-0.2, -0.15) is 0 Å². The predicted molar refractivity (Wildman–Crippen MR) is 59.2 cm³/mol. The van der Waals surface area contributed by atoms with Crippen LogP contribution in [0.25, 0.3) is 0 Å². The summed E-state index contributed by atoms with van der Waals surface area (Å²) in [4.78, 5) is 7.99. The van der Waals surface area contributed by atoms with E-state index in [9.17, 15) is 4.39 Å². The monoisotopic (exact) mass is 217 g/mol. The van der Waals surface area contributed by atoms with E-state index in [4.69, 9.17) is 5.73 Å². The van der Waals surface area contributed by atoms with Crippen LogP contribution in [0.5, 0.6) is 0 Å². The Morgan fingerprint density at radius 3 is 2.81 bits per heavy atom. The van der Waals surface area contributed by atoms with E-state index in [0.717, 1.165) is 5.56 Å². The van der Waals surface area contributed by atoms with Gasteiger partial charge in [0.15, 0.2) is 0 Å². The quantitative estimate of drug-likeness (QED) is 0.836. The lowest BCUT2D eigenvalue weighted by atomic mass is 10.0. The molecule has 1 heterocycles. The zero-order chi connectivity index (χ0) is 11.5. The molecule has 0 radical (unpaired) electrons. The lowest BCUT2D eigenvalue weighted by Gasteiger charge is -2.12. The van der Waals surface area contributed by atoms with Gasteiger partial charge in [0.05, 0.1) is 17.9 Å². The van der Waals surface area contributed by atoms with Crippen LogP contribution < -0.4 is 5.73 Å². The second-order valence-electron chi connectivity index (χ2n) is 3.63. The molecule has 1 aromatic carbocycles. The Morgan fingerprint density at radius 2 is 2.12 bits per heavy atom. The smallest absolute Gasteiger partial charge is 0.128 e. The second-order valence-corrected chi connectivity index (χ2v) is 3.63. The van der Waals surface area contributed by atoms with Gasteiger partial charge in [-0.1, -0.05) is 17.7 Å². The first kappa shape index (κ1) is 10.7. The van der Waals surface area contributed by atoms with Gasteiger partial charge in [0.2, 0.25) is 0 Å². The van der Waals surface area contributed by atoms with Crippen LogP contribution in [-0.2, 0) is 0 Å². The minimum absolute atomic E-state index is 0.316. The van der Waals surface area contributed by atoms with Crippen molar-refractivity contribution < 1.29 is 4.39 Å². The minimum atomic E-state index is -0.575. The highest BCUT2D eigenvalue weighted by Crippen LogP contribution is 2.21. The highest BCUT2D eigenvalue weighted by Gasteiger charge is 2.14. The average Bonchev–Trinajstić information content (AvgIpc) is 2.32. The Balaban J connectivity index is 2.41. The third-order valence-corrected chi connectivity index (χ3v) is 2.39. The van der Waals surface area contributed by atoms with Gasteiger partial charge in [-0.3, -0.25) is 9.97 Å². The lowest BCUT2D eigenvalue weighted by molar-refractivity contribution is 0.596. The molecule has 2 aromatic rings. The third kappa shape index (κ3) is 2.06. The number of nitrogens with zero attached hydrogens (tertiary/aromatic N) is 2. The first-order valence-electron chi connectivity index (χ1n) is 4.96. The summed E-state index contributed by atoms with van der Waals surface area (Å²) in [6.07, 6.45) is 4.65. The maximum atomic E-state index is 13.6. The zero-order valence-electron chi connectivity index (χ0n) is 8.89. The second kappa shape index (κ2) is 4.37. The van der Waals surface area contributed by atoms with Crippen LogP contribution in [0.4, 0.5) is 4.39 Å². The largest absolute Gasteiger partial charge is 0.319 e. The predicted octanol–water partition coefficient (Wildman–Crippen LogP) is 1.97.